The van der Waals surface area contributed by atoms with Gasteiger partial charge in [-0.3, -0.25) is 4.79 Å². The van der Waals surface area contributed by atoms with Gasteiger partial charge in [-0.15, -0.1) is 0 Å². The minimum absolute atomic E-state index is 0.181. The number of Topliss-reactive ketones (excluding diaryl/α,β-unsaturated/α-hetero) is 1. The molecular formula is C15H20O2. The second-order valence-corrected chi connectivity index (χ2v) is 6.05. The van der Waals surface area contributed by atoms with Crippen LogP contribution in [0.15, 0.2) is 22.5 Å². The largest absolute Gasteiger partial charge is 0.493 e. The van der Waals surface area contributed by atoms with Crippen molar-refractivity contribution in [3.63, 3.8) is 0 Å². The predicted molar refractivity (Wildman–Crippen MR) is 66.4 cm³/mol. The molecule has 0 spiro atoms. The molecule has 2 nitrogen and oxygen atoms in total. The van der Waals surface area contributed by atoms with Gasteiger partial charge in [0.15, 0.2) is 5.78 Å². The van der Waals surface area contributed by atoms with Gasteiger partial charge < -0.3 is 4.74 Å². The predicted octanol–water partition coefficient (Wildman–Crippen LogP) is 3.39. The molecule has 0 aromatic carbocycles. The first kappa shape index (κ1) is 11.1. The molecular weight excluding hydrogens is 212 g/mol. The summed E-state index contributed by atoms with van der Waals surface area (Å²) in [7, 11) is 0. The fraction of sp³-hybridized carbons (Fsp3) is 0.667. The molecule has 0 aromatic heterocycles. The average Bonchev–Trinajstić information content (AvgIpc) is 2.66. The van der Waals surface area contributed by atoms with E-state index in [2.05, 4.69) is 13.8 Å². The molecule has 0 radical (unpaired) electrons. The Kier molecular flexibility index (Phi) is 2.26. The number of ketones is 1. The average molecular weight is 232 g/mol. The van der Waals surface area contributed by atoms with E-state index in [-0.39, 0.29) is 5.41 Å². The summed E-state index contributed by atoms with van der Waals surface area (Å²) in [6.07, 6.45) is 4.04. The van der Waals surface area contributed by atoms with Crippen molar-refractivity contribution in [2.45, 2.75) is 46.5 Å². The fourth-order valence-electron chi connectivity index (χ4n) is 3.62. The number of hydrogen-bond acceptors (Lipinski definition) is 2. The topological polar surface area (TPSA) is 26.3 Å². The molecule has 0 fully saturated rings. The van der Waals surface area contributed by atoms with Crippen LogP contribution in [0.4, 0.5) is 0 Å². The van der Waals surface area contributed by atoms with Crippen LogP contribution >= 0.6 is 0 Å². The van der Waals surface area contributed by atoms with E-state index < -0.39 is 0 Å². The second-order valence-electron chi connectivity index (χ2n) is 6.05. The van der Waals surface area contributed by atoms with Crippen molar-refractivity contribution < 1.29 is 9.53 Å². The standard InChI is InChI=1S/C15H20O2/c1-9-8-17-14-11(9)4-6-15(3)7-5-12(16)10(2)13(14)15/h9H,4-8H2,1-3H3/t9-,15+/m1/s1. The minimum atomic E-state index is 0.181. The highest BCUT2D eigenvalue weighted by atomic mass is 16.5. The smallest absolute Gasteiger partial charge is 0.159 e. The Hall–Kier alpha value is -1.05. The highest BCUT2D eigenvalue weighted by Gasteiger charge is 2.44. The first-order valence-corrected chi connectivity index (χ1v) is 6.64. The number of carbonyl (C=O) groups is 1. The monoisotopic (exact) mass is 232 g/mol. The highest BCUT2D eigenvalue weighted by molar-refractivity contribution is 5.97. The van der Waals surface area contributed by atoms with E-state index in [0.717, 1.165) is 30.8 Å². The first-order chi connectivity index (χ1) is 8.03. The van der Waals surface area contributed by atoms with E-state index in [1.54, 1.807) is 0 Å². The van der Waals surface area contributed by atoms with E-state index >= 15 is 0 Å². The molecule has 0 aromatic rings. The molecule has 0 unspecified atom stereocenters. The summed E-state index contributed by atoms with van der Waals surface area (Å²) in [4.78, 5) is 11.9. The molecule has 17 heavy (non-hydrogen) atoms. The van der Waals surface area contributed by atoms with Gasteiger partial charge in [0.2, 0.25) is 0 Å². The zero-order chi connectivity index (χ0) is 12.2. The Labute approximate surface area is 103 Å². The first-order valence-electron chi connectivity index (χ1n) is 6.64. The Morgan fingerprint density at radius 2 is 2.00 bits per heavy atom. The summed E-state index contributed by atoms with van der Waals surface area (Å²) in [6, 6.07) is 0. The summed E-state index contributed by atoms with van der Waals surface area (Å²) >= 11 is 0. The third-order valence-corrected chi connectivity index (χ3v) is 4.84. The van der Waals surface area contributed by atoms with Crippen LogP contribution in [0.2, 0.25) is 0 Å². The Bertz CT molecular complexity index is 456. The number of fused-ring (bicyclic) bond motifs is 2. The summed E-state index contributed by atoms with van der Waals surface area (Å²) in [5, 5.41) is 0. The molecule has 0 saturated heterocycles. The van der Waals surface area contributed by atoms with Gasteiger partial charge in [0, 0.05) is 17.9 Å². The SMILES string of the molecule is CC1=C2C3=C(CC[C@@]2(C)CCC1=O)[C@H](C)CO3. The summed E-state index contributed by atoms with van der Waals surface area (Å²) in [5.74, 6) is 1.93. The molecule has 0 saturated carbocycles. The number of carbonyl (C=O) groups excluding carboxylic acids is 1. The lowest BCUT2D eigenvalue weighted by Crippen LogP contribution is -2.32. The van der Waals surface area contributed by atoms with Gasteiger partial charge in [-0.2, -0.15) is 0 Å². The molecule has 0 bridgehead atoms. The summed E-state index contributed by atoms with van der Waals surface area (Å²) < 4.78 is 5.89. The minimum Gasteiger partial charge on any atom is -0.493 e. The normalized spacial score (nSPS) is 36.9. The molecule has 3 aliphatic rings. The van der Waals surface area contributed by atoms with Crippen molar-refractivity contribution >= 4 is 5.78 Å². The third-order valence-electron chi connectivity index (χ3n) is 4.84. The molecule has 1 aliphatic heterocycles. The maximum absolute atomic E-state index is 11.9. The van der Waals surface area contributed by atoms with Crippen LogP contribution in [0.5, 0.6) is 0 Å². The maximum Gasteiger partial charge on any atom is 0.159 e. The number of hydrogen-bond donors (Lipinski definition) is 0. The van der Waals surface area contributed by atoms with E-state index in [9.17, 15) is 4.79 Å². The summed E-state index contributed by atoms with van der Waals surface area (Å²) in [5.41, 5.74) is 3.83. The van der Waals surface area contributed by atoms with Gasteiger partial charge in [0.05, 0.1) is 6.61 Å². The quantitative estimate of drug-likeness (QED) is 0.640. The van der Waals surface area contributed by atoms with Gasteiger partial charge in [0.25, 0.3) is 0 Å². The Balaban J connectivity index is 2.18. The zero-order valence-electron chi connectivity index (χ0n) is 10.9. The second kappa shape index (κ2) is 3.47. The van der Waals surface area contributed by atoms with Gasteiger partial charge in [-0.05, 0) is 42.7 Å². The lowest BCUT2D eigenvalue weighted by molar-refractivity contribution is -0.116. The van der Waals surface area contributed by atoms with Crippen LogP contribution in [0.25, 0.3) is 0 Å². The van der Waals surface area contributed by atoms with E-state index in [0.29, 0.717) is 18.1 Å². The maximum atomic E-state index is 11.9. The number of allylic oxidation sites excluding steroid dienone is 2. The molecule has 2 aliphatic carbocycles. The van der Waals surface area contributed by atoms with Crippen molar-refractivity contribution in [1.82, 2.24) is 0 Å². The van der Waals surface area contributed by atoms with Crippen LogP contribution in [0.3, 0.4) is 0 Å². The Morgan fingerprint density at radius 1 is 1.29 bits per heavy atom. The molecule has 1 heterocycles. The van der Waals surface area contributed by atoms with Gasteiger partial charge in [0.1, 0.15) is 5.76 Å². The van der Waals surface area contributed by atoms with Crippen molar-refractivity contribution in [2.75, 3.05) is 6.61 Å². The van der Waals surface area contributed by atoms with Crippen molar-refractivity contribution in [1.29, 1.82) is 0 Å². The van der Waals surface area contributed by atoms with Crippen LogP contribution in [-0.4, -0.2) is 12.4 Å². The van der Waals surface area contributed by atoms with Gasteiger partial charge >= 0.3 is 0 Å². The van der Waals surface area contributed by atoms with Crippen molar-refractivity contribution in [3.05, 3.63) is 22.5 Å². The van der Waals surface area contributed by atoms with Crippen LogP contribution in [-0.2, 0) is 9.53 Å². The fourth-order valence-corrected chi connectivity index (χ4v) is 3.62. The number of ether oxygens (including phenoxy) is 1. The van der Waals surface area contributed by atoms with Gasteiger partial charge in [-0.25, -0.2) is 0 Å². The van der Waals surface area contributed by atoms with E-state index in [4.69, 9.17) is 4.74 Å². The third kappa shape index (κ3) is 1.42. The molecule has 0 N–H and O–H groups in total. The highest BCUT2D eigenvalue weighted by Crippen LogP contribution is 2.53. The lowest BCUT2D eigenvalue weighted by atomic mass is 9.63. The van der Waals surface area contributed by atoms with E-state index in [1.807, 2.05) is 6.92 Å². The van der Waals surface area contributed by atoms with Gasteiger partial charge in [-0.1, -0.05) is 13.8 Å². The van der Waals surface area contributed by atoms with Crippen LogP contribution < -0.4 is 0 Å². The number of rotatable bonds is 0. The van der Waals surface area contributed by atoms with Crippen molar-refractivity contribution in [3.8, 4) is 0 Å². The van der Waals surface area contributed by atoms with Crippen LogP contribution in [0.1, 0.15) is 46.5 Å². The van der Waals surface area contributed by atoms with Crippen molar-refractivity contribution in [2.24, 2.45) is 11.3 Å². The van der Waals surface area contributed by atoms with Crippen LogP contribution in [0, 0.1) is 11.3 Å². The molecule has 3 rings (SSSR count). The molecule has 2 heteroatoms. The van der Waals surface area contributed by atoms with E-state index in [1.165, 1.54) is 17.6 Å². The Morgan fingerprint density at radius 3 is 2.76 bits per heavy atom. The molecule has 0 amide bonds. The lowest BCUT2D eigenvalue weighted by Gasteiger charge is -2.40. The summed E-state index contributed by atoms with van der Waals surface area (Å²) in [6.45, 7) is 7.31. The molecule has 92 valence electrons. The zero-order valence-corrected chi connectivity index (χ0v) is 10.9. The molecule has 2 atom stereocenters.